The highest BCUT2D eigenvalue weighted by atomic mass is 16.5. The lowest BCUT2D eigenvalue weighted by molar-refractivity contribution is 0.310. The Morgan fingerprint density at radius 2 is 2.00 bits per heavy atom. The summed E-state index contributed by atoms with van der Waals surface area (Å²) in [6, 6.07) is 9.60. The minimum atomic E-state index is -0.115. The van der Waals surface area contributed by atoms with Crippen LogP contribution in [0.1, 0.15) is 36.8 Å². The average Bonchev–Trinajstić information content (AvgIpc) is 3.29. The van der Waals surface area contributed by atoms with E-state index in [9.17, 15) is 4.79 Å². The van der Waals surface area contributed by atoms with Gasteiger partial charge in [-0.1, -0.05) is 30.6 Å². The van der Waals surface area contributed by atoms with Crippen molar-refractivity contribution in [3.8, 4) is 17.0 Å². The first kappa shape index (κ1) is 19.0. The van der Waals surface area contributed by atoms with Crippen molar-refractivity contribution in [1.29, 1.82) is 0 Å². The number of fused-ring (bicyclic) bond motifs is 1. The summed E-state index contributed by atoms with van der Waals surface area (Å²) in [5.41, 5.74) is 3.70. The first-order valence-electron chi connectivity index (χ1n) is 9.81. The summed E-state index contributed by atoms with van der Waals surface area (Å²) >= 11 is 0. The molecule has 0 unspecified atom stereocenters. The van der Waals surface area contributed by atoms with E-state index in [0.29, 0.717) is 24.4 Å². The van der Waals surface area contributed by atoms with E-state index in [4.69, 9.17) is 9.26 Å². The number of unbranched alkanes of at least 4 members (excludes halogenated alkanes) is 1. The van der Waals surface area contributed by atoms with Gasteiger partial charge in [0.05, 0.1) is 24.5 Å². The van der Waals surface area contributed by atoms with Gasteiger partial charge in [-0.15, -0.1) is 0 Å². The highest BCUT2D eigenvalue weighted by Gasteiger charge is 2.15. The summed E-state index contributed by atoms with van der Waals surface area (Å²) in [6.07, 6.45) is 5.59. The first-order valence-corrected chi connectivity index (χ1v) is 9.81. The third kappa shape index (κ3) is 3.68. The van der Waals surface area contributed by atoms with Crippen LogP contribution in [0, 0.1) is 13.8 Å². The third-order valence-electron chi connectivity index (χ3n) is 5.03. The molecule has 7 heteroatoms. The zero-order valence-corrected chi connectivity index (χ0v) is 16.9. The number of hydrogen-bond acceptors (Lipinski definition) is 5. The standard InChI is InChI=1S/C22H24N4O3/c1-4-5-12-28-21-9-7-6-8-17(21)19-13-20-22(27)25(10-11-26(20)23-19)14-18-15(2)24-29-16(18)3/h6-11,13H,4-5,12,14H2,1-3H3. The molecule has 0 aliphatic rings. The lowest BCUT2D eigenvalue weighted by atomic mass is 10.1. The van der Waals surface area contributed by atoms with E-state index in [-0.39, 0.29) is 5.56 Å². The van der Waals surface area contributed by atoms with E-state index < -0.39 is 0 Å². The van der Waals surface area contributed by atoms with Gasteiger partial charge in [-0.25, -0.2) is 4.52 Å². The number of aromatic nitrogens is 4. The van der Waals surface area contributed by atoms with Crippen molar-refractivity contribution < 1.29 is 9.26 Å². The molecule has 0 saturated heterocycles. The summed E-state index contributed by atoms with van der Waals surface area (Å²) in [7, 11) is 0. The van der Waals surface area contributed by atoms with Gasteiger partial charge >= 0.3 is 0 Å². The van der Waals surface area contributed by atoms with Crippen LogP contribution in [0.25, 0.3) is 16.8 Å². The molecule has 4 rings (SSSR count). The van der Waals surface area contributed by atoms with E-state index >= 15 is 0 Å². The van der Waals surface area contributed by atoms with E-state index in [2.05, 4.69) is 17.2 Å². The minimum Gasteiger partial charge on any atom is -0.493 e. The highest BCUT2D eigenvalue weighted by molar-refractivity contribution is 5.71. The van der Waals surface area contributed by atoms with E-state index in [1.54, 1.807) is 21.5 Å². The van der Waals surface area contributed by atoms with Crippen LogP contribution in [0.15, 0.2) is 52.0 Å². The van der Waals surface area contributed by atoms with Crippen molar-refractivity contribution in [2.45, 2.75) is 40.2 Å². The molecular formula is C22H24N4O3. The molecule has 0 amide bonds. The number of para-hydroxylation sites is 1. The normalized spacial score (nSPS) is 11.3. The SMILES string of the molecule is CCCCOc1ccccc1-c1cc2c(=O)n(Cc3c(C)noc3C)ccn2n1. The van der Waals surface area contributed by atoms with Gasteiger partial charge in [-0.2, -0.15) is 5.10 Å². The van der Waals surface area contributed by atoms with E-state index in [1.807, 2.05) is 44.2 Å². The van der Waals surface area contributed by atoms with Crippen molar-refractivity contribution >= 4 is 5.52 Å². The summed E-state index contributed by atoms with van der Waals surface area (Å²) in [6.45, 7) is 6.93. The van der Waals surface area contributed by atoms with Gasteiger partial charge < -0.3 is 13.8 Å². The van der Waals surface area contributed by atoms with Crippen LogP contribution in [0.2, 0.25) is 0 Å². The second-order valence-corrected chi connectivity index (χ2v) is 7.09. The van der Waals surface area contributed by atoms with Crippen LogP contribution in [0.5, 0.6) is 5.75 Å². The number of rotatable bonds is 7. The molecule has 0 atom stereocenters. The maximum atomic E-state index is 13.0. The minimum absolute atomic E-state index is 0.115. The number of benzene rings is 1. The lowest BCUT2D eigenvalue weighted by Crippen LogP contribution is -2.22. The Balaban J connectivity index is 1.71. The fraction of sp³-hybridized carbons (Fsp3) is 0.318. The van der Waals surface area contributed by atoms with Crippen LogP contribution < -0.4 is 10.3 Å². The largest absolute Gasteiger partial charge is 0.493 e. The molecule has 150 valence electrons. The Kier molecular flexibility index (Phi) is 5.20. The maximum Gasteiger partial charge on any atom is 0.276 e. The van der Waals surface area contributed by atoms with Gasteiger partial charge in [0.1, 0.15) is 17.0 Å². The highest BCUT2D eigenvalue weighted by Crippen LogP contribution is 2.29. The van der Waals surface area contributed by atoms with Crippen molar-refractivity contribution in [1.82, 2.24) is 19.3 Å². The molecule has 0 spiro atoms. The second-order valence-electron chi connectivity index (χ2n) is 7.09. The zero-order chi connectivity index (χ0) is 20.4. The molecule has 0 radical (unpaired) electrons. The number of hydrogen-bond donors (Lipinski definition) is 0. The molecule has 7 nitrogen and oxygen atoms in total. The Morgan fingerprint density at radius 1 is 1.17 bits per heavy atom. The molecule has 1 aromatic carbocycles. The van der Waals surface area contributed by atoms with Gasteiger partial charge in [-0.3, -0.25) is 4.79 Å². The molecule has 0 fully saturated rings. The molecule has 0 saturated carbocycles. The maximum absolute atomic E-state index is 13.0. The smallest absolute Gasteiger partial charge is 0.276 e. The topological polar surface area (TPSA) is 74.6 Å². The van der Waals surface area contributed by atoms with Gasteiger partial charge in [0.15, 0.2) is 0 Å². The summed E-state index contributed by atoms with van der Waals surface area (Å²) in [4.78, 5) is 13.0. The quantitative estimate of drug-likeness (QED) is 0.445. The molecule has 3 heterocycles. The predicted octanol–water partition coefficient (Wildman–Crippen LogP) is 4.00. The van der Waals surface area contributed by atoms with Crippen molar-refractivity contribution in [3.63, 3.8) is 0 Å². The van der Waals surface area contributed by atoms with Crippen LogP contribution >= 0.6 is 0 Å². The fourth-order valence-corrected chi connectivity index (χ4v) is 3.31. The Morgan fingerprint density at radius 3 is 2.76 bits per heavy atom. The number of nitrogens with zero attached hydrogens (tertiary/aromatic N) is 4. The monoisotopic (exact) mass is 392 g/mol. The second kappa shape index (κ2) is 7.95. The van der Waals surface area contributed by atoms with Crippen LogP contribution in [-0.4, -0.2) is 25.9 Å². The van der Waals surface area contributed by atoms with Crippen LogP contribution in [-0.2, 0) is 6.54 Å². The molecule has 3 aromatic heterocycles. The Bertz CT molecular complexity index is 1180. The number of aryl methyl sites for hydroxylation is 2. The van der Waals surface area contributed by atoms with Gasteiger partial charge in [0, 0.05) is 23.5 Å². The van der Waals surface area contributed by atoms with Gasteiger partial charge in [0.25, 0.3) is 5.56 Å². The zero-order valence-electron chi connectivity index (χ0n) is 16.9. The van der Waals surface area contributed by atoms with Crippen molar-refractivity contribution in [2.75, 3.05) is 6.61 Å². The van der Waals surface area contributed by atoms with Gasteiger partial charge in [-0.05, 0) is 38.5 Å². The molecular weight excluding hydrogens is 368 g/mol. The van der Waals surface area contributed by atoms with Crippen molar-refractivity contribution in [3.05, 3.63) is 70.1 Å². The molecule has 4 aromatic rings. The molecule has 29 heavy (non-hydrogen) atoms. The summed E-state index contributed by atoms with van der Waals surface area (Å²) in [5.74, 6) is 1.50. The Hall–Kier alpha value is -3.35. The predicted molar refractivity (Wildman–Crippen MR) is 110 cm³/mol. The lowest BCUT2D eigenvalue weighted by Gasteiger charge is -2.09. The fourth-order valence-electron chi connectivity index (χ4n) is 3.31. The molecule has 0 N–H and O–H groups in total. The van der Waals surface area contributed by atoms with Gasteiger partial charge in [0.2, 0.25) is 0 Å². The summed E-state index contributed by atoms with van der Waals surface area (Å²) < 4.78 is 14.4. The first-order chi connectivity index (χ1) is 14.1. The molecule has 0 aliphatic carbocycles. The Labute approximate surface area is 168 Å². The summed E-state index contributed by atoms with van der Waals surface area (Å²) in [5, 5.41) is 8.56. The van der Waals surface area contributed by atoms with Crippen LogP contribution in [0.3, 0.4) is 0 Å². The van der Waals surface area contributed by atoms with E-state index in [0.717, 1.165) is 41.2 Å². The number of ether oxygens (including phenoxy) is 1. The van der Waals surface area contributed by atoms with Crippen molar-refractivity contribution in [2.24, 2.45) is 0 Å². The van der Waals surface area contributed by atoms with Crippen LogP contribution in [0.4, 0.5) is 0 Å². The molecule has 0 aliphatic heterocycles. The third-order valence-corrected chi connectivity index (χ3v) is 5.03. The molecule has 0 bridgehead atoms. The average molecular weight is 392 g/mol. The van der Waals surface area contributed by atoms with E-state index in [1.165, 1.54) is 0 Å².